The normalized spacial score (nSPS) is 11.7. The molecule has 0 aliphatic rings. The fraction of sp³-hybridized carbons (Fsp3) is 0.391. The van der Waals surface area contributed by atoms with Crippen molar-refractivity contribution in [1.29, 1.82) is 0 Å². The van der Waals surface area contributed by atoms with Crippen molar-refractivity contribution >= 4 is 18.9 Å². The second-order valence-electron chi connectivity index (χ2n) is 7.72. The SMILES string of the molecule is CCN(CCC(=O)NC(Cc1ccc(C)cc1C)B(O)O)C(=O)c1ccc(C)cc1. The molecule has 2 aromatic rings. The molecule has 0 fully saturated rings. The third-order valence-corrected chi connectivity index (χ3v) is 5.22. The zero-order valence-corrected chi connectivity index (χ0v) is 18.2. The summed E-state index contributed by atoms with van der Waals surface area (Å²) in [5.74, 6) is -1.27. The number of nitrogens with zero attached hydrogens (tertiary/aromatic N) is 1. The van der Waals surface area contributed by atoms with E-state index in [-0.39, 0.29) is 24.8 Å². The molecule has 0 saturated heterocycles. The molecule has 2 aromatic carbocycles. The Hall–Kier alpha value is -2.64. The Morgan fingerprint density at radius 1 is 1.03 bits per heavy atom. The fourth-order valence-electron chi connectivity index (χ4n) is 3.34. The first-order valence-electron chi connectivity index (χ1n) is 10.3. The molecule has 0 heterocycles. The molecule has 2 rings (SSSR count). The van der Waals surface area contributed by atoms with E-state index in [1.165, 1.54) is 0 Å². The summed E-state index contributed by atoms with van der Waals surface area (Å²) in [4.78, 5) is 26.7. The van der Waals surface area contributed by atoms with E-state index in [9.17, 15) is 19.6 Å². The van der Waals surface area contributed by atoms with Crippen molar-refractivity contribution in [2.45, 2.75) is 46.5 Å². The van der Waals surface area contributed by atoms with Crippen LogP contribution in [0.2, 0.25) is 0 Å². The first-order valence-corrected chi connectivity index (χ1v) is 10.3. The quantitative estimate of drug-likeness (QED) is 0.553. The highest BCUT2D eigenvalue weighted by Gasteiger charge is 2.26. The van der Waals surface area contributed by atoms with E-state index in [2.05, 4.69) is 5.32 Å². The van der Waals surface area contributed by atoms with Gasteiger partial charge in [0.2, 0.25) is 5.91 Å². The topological polar surface area (TPSA) is 89.9 Å². The summed E-state index contributed by atoms with van der Waals surface area (Å²) in [5, 5.41) is 22.1. The van der Waals surface area contributed by atoms with Crippen LogP contribution >= 0.6 is 0 Å². The molecule has 7 heteroatoms. The molecule has 0 aliphatic carbocycles. The molecule has 0 spiro atoms. The average Bonchev–Trinajstić information content (AvgIpc) is 2.70. The van der Waals surface area contributed by atoms with Crippen LogP contribution in [0.4, 0.5) is 0 Å². The number of hydrogen-bond acceptors (Lipinski definition) is 4. The molecule has 160 valence electrons. The molecule has 0 aromatic heterocycles. The van der Waals surface area contributed by atoms with Crippen LogP contribution in [0.1, 0.15) is 46.0 Å². The summed E-state index contributed by atoms with van der Waals surface area (Å²) < 4.78 is 0. The monoisotopic (exact) mass is 410 g/mol. The third kappa shape index (κ3) is 6.71. The molecule has 0 saturated carbocycles. The van der Waals surface area contributed by atoms with Gasteiger partial charge >= 0.3 is 7.12 Å². The molecule has 6 nitrogen and oxygen atoms in total. The van der Waals surface area contributed by atoms with E-state index in [0.29, 0.717) is 18.5 Å². The summed E-state index contributed by atoms with van der Waals surface area (Å²) >= 11 is 0. The maximum Gasteiger partial charge on any atom is 0.475 e. The third-order valence-electron chi connectivity index (χ3n) is 5.22. The maximum atomic E-state index is 12.7. The summed E-state index contributed by atoms with van der Waals surface area (Å²) in [6.07, 6.45) is 0.400. The van der Waals surface area contributed by atoms with E-state index in [1.54, 1.807) is 17.0 Å². The van der Waals surface area contributed by atoms with Crippen LogP contribution in [0.15, 0.2) is 42.5 Å². The zero-order valence-electron chi connectivity index (χ0n) is 18.2. The molecule has 0 bridgehead atoms. The highest BCUT2D eigenvalue weighted by atomic mass is 16.4. The molecule has 30 heavy (non-hydrogen) atoms. The number of carbonyl (C=O) groups is 2. The number of aryl methyl sites for hydroxylation is 3. The van der Waals surface area contributed by atoms with E-state index < -0.39 is 13.1 Å². The molecule has 0 aliphatic heterocycles. The highest BCUT2D eigenvalue weighted by Crippen LogP contribution is 2.13. The van der Waals surface area contributed by atoms with Gasteiger partial charge in [0.25, 0.3) is 5.91 Å². The predicted octanol–water partition coefficient (Wildman–Crippen LogP) is 2.20. The van der Waals surface area contributed by atoms with E-state index in [0.717, 1.165) is 22.3 Å². The lowest BCUT2D eigenvalue weighted by atomic mass is 9.75. The lowest BCUT2D eigenvalue weighted by Gasteiger charge is -2.23. The summed E-state index contributed by atoms with van der Waals surface area (Å²) in [5.41, 5.74) is 4.77. The minimum absolute atomic E-state index is 0.0849. The highest BCUT2D eigenvalue weighted by molar-refractivity contribution is 6.43. The Bertz CT molecular complexity index is 868. The molecule has 2 amide bonds. The van der Waals surface area contributed by atoms with Gasteiger partial charge in [-0.1, -0.05) is 41.5 Å². The van der Waals surface area contributed by atoms with Gasteiger partial charge in [0, 0.05) is 25.1 Å². The van der Waals surface area contributed by atoms with Crippen molar-refractivity contribution in [2.75, 3.05) is 13.1 Å². The molecular weight excluding hydrogens is 379 g/mol. The van der Waals surface area contributed by atoms with Gasteiger partial charge in [0.1, 0.15) is 0 Å². The number of amides is 2. The van der Waals surface area contributed by atoms with E-state index in [1.807, 2.05) is 58.0 Å². The van der Waals surface area contributed by atoms with Crippen LogP contribution in [0, 0.1) is 20.8 Å². The Morgan fingerprint density at radius 2 is 1.67 bits per heavy atom. The number of carbonyl (C=O) groups excluding carboxylic acids is 2. The molecular formula is C23H31BN2O4. The first-order chi connectivity index (χ1) is 14.2. The van der Waals surface area contributed by atoms with E-state index >= 15 is 0 Å². The van der Waals surface area contributed by atoms with Gasteiger partial charge in [-0.15, -0.1) is 0 Å². The van der Waals surface area contributed by atoms with Crippen molar-refractivity contribution < 1.29 is 19.6 Å². The van der Waals surface area contributed by atoms with Crippen LogP contribution in [0.3, 0.4) is 0 Å². The summed E-state index contributed by atoms with van der Waals surface area (Å²) in [6.45, 7) is 8.52. The van der Waals surface area contributed by atoms with Gasteiger partial charge in [0.05, 0.1) is 5.94 Å². The van der Waals surface area contributed by atoms with Crippen molar-refractivity contribution in [2.24, 2.45) is 0 Å². The van der Waals surface area contributed by atoms with Gasteiger partial charge in [-0.25, -0.2) is 0 Å². The van der Waals surface area contributed by atoms with Crippen LogP contribution in [0.5, 0.6) is 0 Å². The van der Waals surface area contributed by atoms with Gasteiger partial charge in [-0.05, 0) is 57.4 Å². The van der Waals surface area contributed by atoms with Gasteiger partial charge in [0.15, 0.2) is 0 Å². The lowest BCUT2D eigenvalue weighted by Crippen LogP contribution is -2.48. The second-order valence-corrected chi connectivity index (χ2v) is 7.72. The van der Waals surface area contributed by atoms with Crippen molar-refractivity contribution in [3.05, 3.63) is 70.3 Å². The standard InChI is InChI=1S/C23H31BN2O4/c1-5-26(23(28)19-9-6-16(2)7-10-19)13-12-22(27)25-21(24(29)30)15-20-11-8-17(3)14-18(20)4/h6-11,14,21,29-30H,5,12-13,15H2,1-4H3,(H,25,27). The first kappa shape index (κ1) is 23.6. The fourth-order valence-corrected chi connectivity index (χ4v) is 3.34. The maximum absolute atomic E-state index is 12.7. The van der Waals surface area contributed by atoms with Gasteiger partial charge in [-0.3, -0.25) is 9.59 Å². The number of nitrogens with one attached hydrogen (secondary N) is 1. The Balaban J connectivity index is 1.95. The minimum atomic E-state index is -1.67. The van der Waals surface area contributed by atoms with Crippen LogP contribution in [-0.2, 0) is 11.2 Å². The average molecular weight is 410 g/mol. The van der Waals surface area contributed by atoms with Crippen LogP contribution < -0.4 is 5.32 Å². The summed E-state index contributed by atoms with van der Waals surface area (Å²) in [7, 11) is -1.67. The largest absolute Gasteiger partial charge is 0.475 e. The number of rotatable bonds is 9. The Kier molecular flexibility index (Phi) is 8.63. The van der Waals surface area contributed by atoms with Crippen LogP contribution in [0.25, 0.3) is 0 Å². The second kappa shape index (κ2) is 10.9. The van der Waals surface area contributed by atoms with E-state index in [4.69, 9.17) is 0 Å². The predicted molar refractivity (Wildman–Crippen MR) is 119 cm³/mol. The lowest BCUT2D eigenvalue weighted by molar-refractivity contribution is -0.121. The zero-order chi connectivity index (χ0) is 22.3. The molecule has 1 unspecified atom stereocenters. The smallest absolute Gasteiger partial charge is 0.426 e. The van der Waals surface area contributed by atoms with Gasteiger partial charge < -0.3 is 20.3 Å². The van der Waals surface area contributed by atoms with Crippen molar-refractivity contribution in [1.82, 2.24) is 10.2 Å². The molecule has 3 N–H and O–H groups in total. The van der Waals surface area contributed by atoms with Crippen molar-refractivity contribution in [3.63, 3.8) is 0 Å². The number of benzene rings is 2. The van der Waals surface area contributed by atoms with Crippen molar-refractivity contribution in [3.8, 4) is 0 Å². The summed E-state index contributed by atoms with van der Waals surface area (Å²) in [6, 6.07) is 13.2. The Labute approximate surface area is 179 Å². The molecule has 1 atom stereocenters. The van der Waals surface area contributed by atoms with Crippen LogP contribution in [-0.4, -0.2) is 52.9 Å². The number of hydrogen-bond donors (Lipinski definition) is 3. The minimum Gasteiger partial charge on any atom is -0.426 e. The van der Waals surface area contributed by atoms with Gasteiger partial charge in [-0.2, -0.15) is 0 Å². The molecule has 0 radical (unpaired) electrons. The Morgan fingerprint density at radius 3 is 2.23 bits per heavy atom.